The SMILES string of the molecule is O=C(c1n[nH]c2c1CCC2)N1CC2(C1)OCC[C@@H]2COc1ncccc1F. The van der Waals surface area contributed by atoms with Gasteiger partial charge in [-0.2, -0.15) is 5.10 Å². The first-order chi connectivity index (χ1) is 13.2. The van der Waals surface area contributed by atoms with Gasteiger partial charge in [0.15, 0.2) is 11.5 Å². The molecule has 2 saturated heterocycles. The molecule has 0 saturated carbocycles. The van der Waals surface area contributed by atoms with Gasteiger partial charge in [-0.1, -0.05) is 0 Å². The van der Waals surface area contributed by atoms with Crippen LogP contribution < -0.4 is 4.74 Å². The van der Waals surface area contributed by atoms with E-state index in [2.05, 4.69) is 15.2 Å². The number of ether oxygens (including phenoxy) is 2. The molecule has 2 aliphatic heterocycles. The summed E-state index contributed by atoms with van der Waals surface area (Å²) in [5, 5.41) is 7.22. The maximum atomic E-state index is 13.7. The molecule has 2 aromatic heterocycles. The Labute approximate surface area is 155 Å². The van der Waals surface area contributed by atoms with Gasteiger partial charge in [-0.25, -0.2) is 9.37 Å². The van der Waals surface area contributed by atoms with Crippen molar-refractivity contribution in [2.45, 2.75) is 31.3 Å². The Balaban J connectivity index is 1.24. The summed E-state index contributed by atoms with van der Waals surface area (Å²) < 4.78 is 25.3. The second-order valence-electron chi connectivity index (χ2n) is 7.54. The van der Waals surface area contributed by atoms with Crippen LogP contribution in [0.4, 0.5) is 4.39 Å². The first-order valence-electron chi connectivity index (χ1n) is 9.39. The number of amides is 1. The Hall–Kier alpha value is -2.48. The van der Waals surface area contributed by atoms with E-state index < -0.39 is 11.4 Å². The molecule has 8 heteroatoms. The quantitative estimate of drug-likeness (QED) is 0.884. The Morgan fingerprint density at radius 3 is 3.19 bits per heavy atom. The average Bonchev–Trinajstić information content (AvgIpc) is 3.34. The summed E-state index contributed by atoms with van der Waals surface area (Å²) >= 11 is 0. The molecule has 3 aliphatic rings. The van der Waals surface area contributed by atoms with Crippen molar-refractivity contribution in [3.8, 4) is 5.88 Å². The van der Waals surface area contributed by atoms with E-state index in [1.807, 2.05) is 0 Å². The zero-order valence-electron chi connectivity index (χ0n) is 14.9. The molecule has 142 valence electrons. The Morgan fingerprint density at radius 1 is 1.44 bits per heavy atom. The summed E-state index contributed by atoms with van der Waals surface area (Å²) in [6, 6.07) is 2.86. The summed E-state index contributed by atoms with van der Waals surface area (Å²) in [5.74, 6) is -0.388. The zero-order chi connectivity index (χ0) is 18.4. The molecule has 2 aromatic rings. The number of aromatic amines is 1. The van der Waals surface area contributed by atoms with E-state index in [4.69, 9.17) is 9.47 Å². The normalized spacial score (nSPS) is 22.7. The predicted octanol–water partition coefficient (Wildman–Crippen LogP) is 1.74. The molecule has 0 radical (unpaired) electrons. The monoisotopic (exact) mass is 372 g/mol. The molecule has 1 amide bonds. The third-order valence-electron chi connectivity index (χ3n) is 5.96. The number of aryl methyl sites for hydroxylation is 1. The van der Waals surface area contributed by atoms with Crippen LogP contribution >= 0.6 is 0 Å². The van der Waals surface area contributed by atoms with Gasteiger partial charge in [0.05, 0.1) is 19.7 Å². The van der Waals surface area contributed by atoms with Gasteiger partial charge in [-0.15, -0.1) is 0 Å². The maximum Gasteiger partial charge on any atom is 0.274 e. The summed E-state index contributed by atoms with van der Waals surface area (Å²) in [7, 11) is 0. The van der Waals surface area contributed by atoms with E-state index in [0.717, 1.165) is 36.9 Å². The highest BCUT2D eigenvalue weighted by atomic mass is 19.1. The molecule has 1 N–H and O–H groups in total. The first kappa shape index (κ1) is 16.7. The van der Waals surface area contributed by atoms with Crippen LogP contribution in [0.25, 0.3) is 0 Å². The lowest BCUT2D eigenvalue weighted by Gasteiger charge is -2.49. The van der Waals surface area contributed by atoms with Crippen molar-refractivity contribution in [1.29, 1.82) is 0 Å². The second-order valence-corrected chi connectivity index (χ2v) is 7.54. The largest absolute Gasteiger partial charge is 0.475 e. The van der Waals surface area contributed by atoms with Crippen molar-refractivity contribution in [2.75, 3.05) is 26.3 Å². The lowest BCUT2D eigenvalue weighted by atomic mass is 9.81. The van der Waals surface area contributed by atoms with Crippen LogP contribution in [0.5, 0.6) is 5.88 Å². The molecular weight excluding hydrogens is 351 g/mol. The summed E-state index contributed by atoms with van der Waals surface area (Å²) in [5.41, 5.74) is 2.31. The fourth-order valence-electron chi connectivity index (χ4n) is 4.42. The van der Waals surface area contributed by atoms with Crippen molar-refractivity contribution in [2.24, 2.45) is 5.92 Å². The smallest absolute Gasteiger partial charge is 0.274 e. The maximum absolute atomic E-state index is 13.7. The van der Waals surface area contributed by atoms with Crippen LogP contribution in [0.15, 0.2) is 18.3 Å². The van der Waals surface area contributed by atoms with Crippen molar-refractivity contribution >= 4 is 5.91 Å². The first-order valence-corrected chi connectivity index (χ1v) is 9.39. The Kier molecular flexibility index (Phi) is 3.89. The topological polar surface area (TPSA) is 80.3 Å². The fraction of sp³-hybridized carbons (Fsp3) is 0.526. The number of hydrogen-bond donors (Lipinski definition) is 1. The van der Waals surface area contributed by atoms with Gasteiger partial charge in [0, 0.05) is 30.0 Å². The molecule has 4 heterocycles. The Morgan fingerprint density at radius 2 is 2.33 bits per heavy atom. The molecule has 0 unspecified atom stereocenters. The van der Waals surface area contributed by atoms with Crippen LogP contribution in [-0.2, 0) is 17.6 Å². The van der Waals surface area contributed by atoms with Gasteiger partial charge < -0.3 is 14.4 Å². The van der Waals surface area contributed by atoms with Gasteiger partial charge in [-0.05, 0) is 37.8 Å². The minimum atomic E-state index is -0.469. The standard InChI is InChI=1S/C19H21FN4O3/c20-14-4-2-7-21-17(14)26-9-12-6-8-27-19(12)10-24(11-19)18(25)16-13-3-1-5-15(13)22-23-16/h2,4,7,12H,1,3,5-6,8-11H2,(H,22,23)/t12-/m1/s1. The van der Waals surface area contributed by atoms with Crippen LogP contribution in [0, 0.1) is 11.7 Å². The van der Waals surface area contributed by atoms with Crippen molar-refractivity contribution in [3.63, 3.8) is 0 Å². The van der Waals surface area contributed by atoms with E-state index in [1.165, 1.54) is 18.3 Å². The molecule has 2 fully saturated rings. The highest BCUT2D eigenvalue weighted by molar-refractivity contribution is 5.95. The van der Waals surface area contributed by atoms with Crippen LogP contribution in [-0.4, -0.2) is 57.9 Å². The number of H-pyrrole nitrogens is 1. The number of likely N-dealkylation sites (tertiary alicyclic amines) is 1. The Bertz CT molecular complexity index is 878. The molecule has 1 atom stereocenters. The van der Waals surface area contributed by atoms with Crippen molar-refractivity contribution < 1.29 is 18.7 Å². The van der Waals surface area contributed by atoms with Crippen LogP contribution in [0.2, 0.25) is 0 Å². The lowest BCUT2D eigenvalue weighted by Crippen LogP contribution is -2.66. The van der Waals surface area contributed by atoms with E-state index in [-0.39, 0.29) is 17.7 Å². The number of nitrogens with zero attached hydrogens (tertiary/aromatic N) is 3. The van der Waals surface area contributed by atoms with E-state index >= 15 is 0 Å². The van der Waals surface area contributed by atoms with E-state index in [1.54, 1.807) is 4.90 Å². The zero-order valence-corrected chi connectivity index (χ0v) is 14.9. The molecular formula is C19H21FN4O3. The molecule has 27 heavy (non-hydrogen) atoms. The molecule has 0 bridgehead atoms. The van der Waals surface area contributed by atoms with Crippen molar-refractivity contribution in [1.82, 2.24) is 20.1 Å². The third-order valence-corrected chi connectivity index (χ3v) is 5.96. The second kappa shape index (κ2) is 6.30. The number of carbonyl (C=O) groups is 1. The predicted molar refractivity (Wildman–Crippen MR) is 93.0 cm³/mol. The molecule has 1 spiro atoms. The number of nitrogens with one attached hydrogen (secondary N) is 1. The van der Waals surface area contributed by atoms with Gasteiger partial charge in [0.25, 0.3) is 5.91 Å². The van der Waals surface area contributed by atoms with Gasteiger partial charge in [0.2, 0.25) is 5.88 Å². The van der Waals surface area contributed by atoms with Crippen molar-refractivity contribution in [3.05, 3.63) is 41.1 Å². The average molecular weight is 372 g/mol. The minimum Gasteiger partial charge on any atom is -0.475 e. The summed E-state index contributed by atoms with van der Waals surface area (Å²) in [6.45, 7) is 1.99. The van der Waals surface area contributed by atoms with E-state index in [0.29, 0.717) is 32.0 Å². The number of fused-ring (bicyclic) bond motifs is 1. The highest BCUT2D eigenvalue weighted by Gasteiger charge is 2.55. The third kappa shape index (κ3) is 2.70. The number of pyridine rings is 1. The van der Waals surface area contributed by atoms with Crippen LogP contribution in [0.1, 0.15) is 34.6 Å². The van der Waals surface area contributed by atoms with Crippen LogP contribution in [0.3, 0.4) is 0 Å². The number of halogens is 1. The number of hydrogen-bond acceptors (Lipinski definition) is 5. The molecule has 1 aliphatic carbocycles. The van der Waals surface area contributed by atoms with Gasteiger partial charge in [0.1, 0.15) is 5.60 Å². The fourth-order valence-corrected chi connectivity index (χ4v) is 4.42. The number of rotatable bonds is 4. The van der Waals surface area contributed by atoms with E-state index in [9.17, 15) is 9.18 Å². The number of aromatic nitrogens is 3. The lowest BCUT2D eigenvalue weighted by molar-refractivity contribution is -0.122. The van der Waals surface area contributed by atoms with Gasteiger partial charge >= 0.3 is 0 Å². The number of carbonyl (C=O) groups excluding carboxylic acids is 1. The summed E-state index contributed by atoms with van der Waals surface area (Å²) in [4.78, 5) is 18.5. The summed E-state index contributed by atoms with van der Waals surface area (Å²) in [6.07, 6.45) is 5.28. The minimum absolute atomic E-state index is 0.0129. The van der Waals surface area contributed by atoms with Gasteiger partial charge in [-0.3, -0.25) is 9.89 Å². The molecule has 7 nitrogen and oxygen atoms in total. The molecule has 5 rings (SSSR count). The molecule has 0 aromatic carbocycles. The highest BCUT2D eigenvalue weighted by Crippen LogP contribution is 2.41.